The Labute approximate surface area is 120 Å². The SMILES string of the molecule is CCCCNC(=O)/C(C#N)=C\Nc1c(C)cccc1C. The lowest BCUT2D eigenvalue weighted by molar-refractivity contribution is -0.117. The van der Waals surface area contributed by atoms with Gasteiger partial charge in [0.15, 0.2) is 0 Å². The highest BCUT2D eigenvalue weighted by Gasteiger charge is 2.08. The highest BCUT2D eigenvalue weighted by molar-refractivity contribution is 5.97. The average Bonchev–Trinajstić information content (AvgIpc) is 2.42. The van der Waals surface area contributed by atoms with E-state index in [9.17, 15) is 4.79 Å². The molecule has 0 atom stereocenters. The minimum absolute atomic E-state index is 0.0868. The molecule has 4 nitrogen and oxygen atoms in total. The standard InChI is InChI=1S/C16H21N3O/c1-4-5-9-18-16(20)14(10-17)11-19-15-12(2)7-6-8-13(15)3/h6-8,11,19H,4-5,9H2,1-3H3,(H,18,20)/b14-11-. The van der Waals surface area contributed by atoms with Gasteiger partial charge in [-0.05, 0) is 31.4 Å². The normalized spacial score (nSPS) is 10.8. The molecule has 0 aliphatic rings. The Bertz CT molecular complexity index is 521. The van der Waals surface area contributed by atoms with Crippen LogP contribution in [0.25, 0.3) is 0 Å². The number of rotatable bonds is 6. The maximum atomic E-state index is 11.8. The number of para-hydroxylation sites is 1. The van der Waals surface area contributed by atoms with Crippen molar-refractivity contribution in [2.75, 3.05) is 11.9 Å². The van der Waals surface area contributed by atoms with E-state index >= 15 is 0 Å². The Morgan fingerprint density at radius 2 is 2.00 bits per heavy atom. The Kier molecular flexibility index (Phi) is 6.31. The first-order chi connectivity index (χ1) is 9.60. The predicted octanol–water partition coefficient (Wildman–Crippen LogP) is 3.04. The van der Waals surface area contributed by atoms with Crippen LogP contribution in [0, 0.1) is 25.2 Å². The molecule has 2 N–H and O–H groups in total. The summed E-state index contributed by atoms with van der Waals surface area (Å²) >= 11 is 0. The lowest BCUT2D eigenvalue weighted by Gasteiger charge is -2.09. The Balaban J connectivity index is 2.76. The number of amides is 1. The summed E-state index contributed by atoms with van der Waals surface area (Å²) in [6.45, 7) is 6.61. The lowest BCUT2D eigenvalue weighted by atomic mass is 10.1. The number of aryl methyl sites for hydroxylation is 2. The maximum absolute atomic E-state index is 11.8. The van der Waals surface area contributed by atoms with E-state index in [1.807, 2.05) is 38.1 Å². The Morgan fingerprint density at radius 3 is 2.55 bits per heavy atom. The molecular weight excluding hydrogens is 250 g/mol. The summed E-state index contributed by atoms with van der Waals surface area (Å²) in [5.41, 5.74) is 3.17. The van der Waals surface area contributed by atoms with E-state index in [1.54, 1.807) is 0 Å². The summed E-state index contributed by atoms with van der Waals surface area (Å²) in [5, 5.41) is 14.8. The molecule has 1 aromatic carbocycles. The van der Waals surface area contributed by atoms with E-state index in [2.05, 4.69) is 17.6 Å². The molecule has 0 fully saturated rings. The first-order valence-electron chi connectivity index (χ1n) is 6.81. The van der Waals surface area contributed by atoms with Crippen molar-refractivity contribution in [3.8, 4) is 6.07 Å². The molecule has 0 unspecified atom stereocenters. The van der Waals surface area contributed by atoms with Crippen LogP contribution >= 0.6 is 0 Å². The number of nitriles is 1. The van der Waals surface area contributed by atoms with Crippen LogP contribution in [0.1, 0.15) is 30.9 Å². The Hall–Kier alpha value is -2.28. The third kappa shape index (κ3) is 4.43. The second-order valence-corrected chi connectivity index (χ2v) is 4.69. The zero-order valence-electron chi connectivity index (χ0n) is 12.3. The second kappa shape index (κ2) is 8.00. The molecule has 0 bridgehead atoms. The van der Waals surface area contributed by atoms with Crippen molar-refractivity contribution in [3.63, 3.8) is 0 Å². The van der Waals surface area contributed by atoms with Gasteiger partial charge in [0.1, 0.15) is 11.6 Å². The molecule has 0 aromatic heterocycles. The van der Waals surface area contributed by atoms with E-state index in [0.717, 1.165) is 29.7 Å². The van der Waals surface area contributed by atoms with Crippen LogP contribution in [0.4, 0.5) is 5.69 Å². The van der Waals surface area contributed by atoms with Crippen molar-refractivity contribution < 1.29 is 4.79 Å². The number of carbonyl (C=O) groups excluding carboxylic acids is 1. The number of carbonyl (C=O) groups is 1. The average molecular weight is 271 g/mol. The van der Waals surface area contributed by atoms with Crippen LogP contribution in [0.5, 0.6) is 0 Å². The van der Waals surface area contributed by atoms with Crippen LogP contribution in [-0.4, -0.2) is 12.5 Å². The largest absolute Gasteiger partial charge is 0.360 e. The molecule has 0 aliphatic carbocycles. The maximum Gasteiger partial charge on any atom is 0.263 e. The van der Waals surface area contributed by atoms with Gasteiger partial charge in [-0.15, -0.1) is 0 Å². The van der Waals surface area contributed by atoms with Gasteiger partial charge in [-0.25, -0.2) is 0 Å². The van der Waals surface area contributed by atoms with E-state index < -0.39 is 0 Å². The van der Waals surface area contributed by atoms with Gasteiger partial charge >= 0.3 is 0 Å². The van der Waals surface area contributed by atoms with Gasteiger partial charge in [0.2, 0.25) is 0 Å². The zero-order chi connectivity index (χ0) is 15.0. The monoisotopic (exact) mass is 271 g/mol. The molecule has 0 saturated heterocycles. The fourth-order valence-electron chi connectivity index (χ4n) is 1.81. The lowest BCUT2D eigenvalue weighted by Crippen LogP contribution is -2.25. The molecular formula is C16H21N3O. The van der Waals surface area contributed by atoms with E-state index in [-0.39, 0.29) is 11.5 Å². The van der Waals surface area contributed by atoms with Gasteiger partial charge in [-0.2, -0.15) is 5.26 Å². The summed E-state index contributed by atoms with van der Waals surface area (Å²) in [6.07, 6.45) is 3.39. The summed E-state index contributed by atoms with van der Waals surface area (Å²) in [6, 6.07) is 7.86. The Morgan fingerprint density at radius 1 is 1.35 bits per heavy atom. The first-order valence-corrected chi connectivity index (χ1v) is 6.81. The second-order valence-electron chi connectivity index (χ2n) is 4.69. The fourth-order valence-corrected chi connectivity index (χ4v) is 1.81. The third-order valence-corrected chi connectivity index (χ3v) is 3.02. The fraction of sp³-hybridized carbons (Fsp3) is 0.375. The number of benzene rings is 1. The first kappa shape index (κ1) is 15.8. The van der Waals surface area contributed by atoms with Crippen LogP contribution in [0.2, 0.25) is 0 Å². The van der Waals surface area contributed by atoms with Gasteiger partial charge in [0.05, 0.1) is 0 Å². The highest BCUT2D eigenvalue weighted by atomic mass is 16.1. The molecule has 0 spiro atoms. The minimum atomic E-state index is -0.334. The molecule has 0 radical (unpaired) electrons. The van der Waals surface area contributed by atoms with Crippen molar-refractivity contribution in [1.82, 2.24) is 5.32 Å². The van der Waals surface area contributed by atoms with Gasteiger partial charge in [-0.3, -0.25) is 4.79 Å². The molecule has 1 aromatic rings. The molecule has 1 rings (SSSR count). The molecule has 0 heterocycles. The molecule has 4 heteroatoms. The smallest absolute Gasteiger partial charge is 0.263 e. The highest BCUT2D eigenvalue weighted by Crippen LogP contribution is 2.19. The van der Waals surface area contributed by atoms with Crippen molar-refractivity contribution in [3.05, 3.63) is 41.1 Å². The van der Waals surface area contributed by atoms with Crippen LogP contribution in [-0.2, 0) is 4.79 Å². The van der Waals surface area contributed by atoms with Crippen LogP contribution in [0.3, 0.4) is 0 Å². The molecule has 106 valence electrons. The number of hydrogen-bond acceptors (Lipinski definition) is 3. The third-order valence-electron chi connectivity index (χ3n) is 3.02. The number of anilines is 1. The minimum Gasteiger partial charge on any atom is -0.360 e. The summed E-state index contributed by atoms with van der Waals surface area (Å²) in [7, 11) is 0. The van der Waals surface area contributed by atoms with E-state index in [4.69, 9.17) is 5.26 Å². The van der Waals surface area contributed by atoms with Gasteiger partial charge in [0, 0.05) is 18.4 Å². The van der Waals surface area contributed by atoms with Crippen molar-refractivity contribution in [2.24, 2.45) is 0 Å². The summed E-state index contributed by atoms with van der Waals surface area (Å²) in [4.78, 5) is 11.8. The van der Waals surface area contributed by atoms with E-state index in [0.29, 0.717) is 6.54 Å². The molecule has 0 saturated carbocycles. The number of nitrogens with zero attached hydrogens (tertiary/aromatic N) is 1. The van der Waals surface area contributed by atoms with Crippen LogP contribution in [0.15, 0.2) is 30.0 Å². The molecule has 0 aliphatic heterocycles. The molecule has 1 amide bonds. The van der Waals surface area contributed by atoms with Crippen molar-refractivity contribution >= 4 is 11.6 Å². The number of unbranched alkanes of at least 4 members (excludes halogenated alkanes) is 1. The summed E-state index contributed by atoms with van der Waals surface area (Å²) < 4.78 is 0. The van der Waals surface area contributed by atoms with E-state index in [1.165, 1.54) is 6.20 Å². The van der Waals surface area contributed by atoms with Crippen molar-refractivity contribution in [2.45, 2.75) is 33.6 Å². The number of nitrogens with one attached hydrogen (secondary N) is 2. The van der Waals surface area contributed by atoms with Gasteiger partial charge in [-0.1, -0.05) is 31.5 Å². The van der Waals surface area contributed by atoms with Crippen molar-refractivity contribution in [1.29, 1.82) is 5.26 Å². The summed E-state index contributed by atoms with van der Waals surface area (Å²) in [5.74, 6) is -0.334. The predicted molar refractivity (Wildman–Crippen MR) is 81.2 cm³/mol. The number of hydrogen-bond donors (Lipinski definition) is 2. The van der Waals surface area contributed by atoms with Gasteiger partial charge in [0.25, 0.3) is 5.91 Å². The quantitative estimate of drug-likeness (QED) is 0.475. The van der Waals surface area contributed by atoms with Gasteiger partial charge < -0.3 is 10.6 Å². The van der Waals surface area contributed by atoms with Crippen LogP contribution < -0.4 is 10.6 Å². The zero-order valence-corrected chi connectivity index (χ0v) is 12.3. The molecule has 20 heavy (non-hydrogen) atoms. The topological polar surface area (TPSA) is 64.9 Å².